The van der Waals surface area contributed by atoms with Gasteiger partial charge in [0.25, 0.3) is 5.56 Å². The monoisotopic (exact) mass is 422 g/mol. The van der Waals surface area contributed by atoms with E-state index in [0.29, 0.717) is 43.0 Å². The van der Waals surface area contributed by atoms with E-state index in [-0.39, 0.29) is 11.2 Å². The second-order valence-corrected chi connectivity index (χ2v) is 9.28. The van der Waals surface area contributed by atoms with E-state index in [1.54, 1.807) is 0 Å². The third-order valence-electron chi connectivity index (χ3n) is 6.36. The molecule has 1 atom stereocenters. The number of ketones is 1. The van der Waals surface area contributed by atoms with Crippen LogP contribution in [0.15, 0.2) is 45.1 Å². The molecule has 2 aromatic rings. The van der Waals surface area contributed by atoms with E-state index in [4.69, 9.17) is 4.74 Å². The fourth-order valence-corrected chi connectivity index (χ4v) is 4.98. The fraction of sp³-hybridized carbons (Fsp3) is 0.435. The molecule has 8 heteroatoms. The zero-order valence-corrected chi connectivity index (χ0v) is 17.7. The van der Waals surface area contributed by atoms with Gasteiger partial charge in [-0.15, -0.1) is 0 Å². The van der Waals surface area contributed by atoms with Crippen LogP contribution in [0.5, 0.6) is 0 Å². The molecule has 0 spiro atoms. The number of morpholine rings is 1. The molecular weight excluding hydrogens is 396 g/mol. The SMILES string of the molecule is CC1(C)CC(=O)C2=C(C1)Nc1[nH]c(=O)[nH]c(=O)c1C2c1ccc(N2CCOCC2)cc1. The minimum absolute atomic E-state index is 0.0391. The zero-order chi connectivity index (χ0) is 21.8. The van der Waals surface area contributed by atoms with Gasteiger partial charge in [-0.2, -0.15) is 0 Å². The van der Waals surface area contributed by atoms with Crippen molar-refractivity contribution in [2.45, 2.75) is 32.6 Å². The van der Waals surface area contributed by atoms with E-state index in [0.717, 1.165) is 30.0 Å². The number of allylic oxidation sites excluding steroid dienone is 2. The Hall–Kier alpha value is -3.13. The van der Waals surface area contributed by atoms with Crippen molar-refractivity contribution in [2.24, 2.45) is 5.41 Å². The average molecular weight is 422 g/mol. The van der Waals surface area contributed by atoms with Crippen molar-refractivity contribution in [1.29, 1.82) is 0 Å². The molecule has 1 aromatic carbocycles. The quantitative estimate of drug-likeness (QED) is 0.684. The van der Waals surface area contributed by atoms with Crippen molar-refractivity contribution in [3.05, 3.63) is 67.5 Å². The van der Waals surface area contributed by atoms with Gasteiger partial charge in [0, 0.05) is 42.4 Å². The van der Waals surface area contributed by atoms with Crippen LogP contribution in [0.1, 0.15) is 43.7 Å². The number of ether oxygens (including phenoxy) is 1. The molecule has 1 aromatic heterocycles. The first-order chi connectivity index (χ1) is 14.8. The Morgan fingerprint density at radius 1 is 1.00 bits per heavy atom. The summed E-state index contributed by atoms with van der Waals surface area (Å²) in [5.74, 6) is -0.105. The minimum atomic E-state index is -0.567. The number of carbonyl (C=O) groups is 1. The van der Waals surface area contributed by atoms with Gasteiger partial charge in [0.2, 0.25) is 0 Å². The van der Waals surface area contributed by atoms with E-state index >= 15 is 0 Å². The van der Waals surface area contributed by atoms with Gasteiger partial charge in [0.15, 0.2) is 5.78 Å². The minimum Gasteiger partial charge on any atom is -0.378 e. The molecule has 31 heavy (non-hydrogen) atoms. The van der Waals surface area contributed by atoms with E-state index < -0.39 is 17.2 Å². The Balaban J connectivity index is 1.63. The summed E-state index contributed by atoms with van der Waals surface area (Å²) in [6.07, 6.45) is 1.09. The lowest BCUT2D eigenvalue weighted by atomic mass is 9.69. The Labute approximate surface area is 179 Å². The largest absolute Gasteiger partial charge is 0.378 e. The molecule has 3 N–H and O–H groups in total. The number of rotatable bonds is 2. The van der Waals surface area contributed by atoms with Gasteiger partial charge in [-0.1, -0.05) is 26.0 Å². The van der Waals surface area contributed by atoms with Gasteiger partial charge in [0.05, 0.1) is 18.8 Å². The van der Waals surface area contributed by atoms with Gasteiger partial charge in [-0.25, -0.2) is 4.79 Å². The van der Waals surface area contributed by atoms with Crippen molar-refractivity contribution >= 4 is 17.3 Å². The van der Waals surface area contributed by atoms with Crippen molar-refractivity contribution in [2.75, 3.05) is 36.5 Å². The maximum atomic E-state index is 13.2. The highest BCUT2D eigenvalue weighted by Gasteiger charge is 2.42. The summed E-state index contributed by atoms with van der Waals surface area (Å²) in [5.41, 5.74) is 2.51. The number of benzene rings is 1. The van der Waals surface area contributed by atoms with E-state index in [1.807, 2.05) is 24.3 Å². The number of fused-ring (bicyclic) bond motifs is 1. The first-order valence-electron chi connectivity index (χ1n) is 10.6. The van der Waals surface area contributed by atoms with Gasteiger partial charge in [0.1, 0.15) is 5.82 Å². The maximum Gasteiger partial charge on any atom is 0.327 e. The highest BCUT2D eigenvalue weighted by Crippen LogP contribution is 2.47. The lowest BCUT2D eigenvalue weighted by molar-refractivity contribution is -0.118. The molecule has 162 valence electrons. The van der Waals surface area contributed by atoms with Crippen LogP contribution in [-0.2, 0) is 9.53 Å². The maximum absolute atomic E-state index is 13.2. The third-order valence-corrected chi connectivity index (χ3v) is 6.36. The lowest BCUT2D eigenvalue weighted by Crippen LogP contribution is -2.39. The molecule has 1 fully saturated rings. The zero-order valence-electron chi connectivity index (χ0n) is 17.7. The fourth-order valence-electron chi connectivity index (χ4n) is 4.98. The van der Waals surface area contributed by atoms with Crippen LogP contribution in [-0.4, -0.2) is 42.1 Å². The summed E-state index contributed by atoms with van der Waals surface area (Å²) in [7, 11) is 0. The smallest absolute Gasteiger partial charge is 0.327 e. The average Bonchev–Trinajstić information content (AvgIpc) is 2.72. The molecule has 0 amide bonds. The molecule has 1 saturated heterocycles. The molecule has 1 unspecified atom stereocenters. The van der Waals surface area contributed by atoms with E-state index in [1.165, 1.54) is 0 Å². The highest BCUT2D eigenvalue weighted by molar-refractivity contribution is 6.01. The van der Waals surface area contributed by atoms with Crippen molar-refractivity contribution in [3.63, 3.8) is 0 Å². The summed E-state index contributed by atoms with van der Waals surface area (Å²) >= 11 is 0. The molecule has 2 aliphatic heterocycles. The number of hydrogen-bond acceptors (Lipinski definition) is 6. The highest BCUT2D eigenvalue weighted by atomic mass is 16.5. The van der Waals surface area contributed by atoms with Crippen LogP contribution in [0.3, 0.4) is 0 Å². The Kier molecular flexibility index (Phi) is 4.62. The summed E-state index contributed by atoms with van der Waals surface area (Å²) in [5, 5.41) is 3.19. The Bertz CT molecular complexity index is 1180. The van der Waals surface area contributed by atoms with Crippen molar-refractivity contribution < 1.29 is 9.53 Å². The molecule has 0 bridgehead atoms. The number of hydrogen-bond donors (Lipinski definition) is 3. The van der Waals surface area contributed by atoms with E-state index in [2.05, 4.69) is 34.0 Å². The number of Topliss-reactive ketones (excluding diaryl/α,β-unsaturated/α-hetero) is 1. The predicted octanol–water partition coefficient (Wildman–Crippen LogP) is 2.10. The summed E-state index contributed by atoms with van der Waals surface area (Å²) < 4.78 is 5.43. The molecule has 8 nitrogen and oxygen atoms in total. The summed E-state index contributed by atoms with van der Waals surface area (Å²) in [4.78, 5) is 45.3. The summed E-state index contributed by atoms with van der Waals surface area (Å²) in [6.45, 7) is 7.18. The second-order valence-electron chi connectivity index (χ2n) is 9.28. The topological polar surface area (TPSA) is 107 Å². The summed E-state index contributed by atoms with van der Waals surface area (Å²) in [6, 6.07) is 8.01. The van der Waals surface area contributed by atoms with Gasteiger partial charge >= 0.3 is 5.69 Å². The van der Waals surface area contributed by atoms with Crippen LogP contribution in [0.2, 0.25) is 0 Å². The number of aromatic nitrogens is 2. The molecule has 0 saturated carbocycles. The number of anilines is 2. The predicted molar refractivity (Wildman–Crippen MR) is 118 cm³/mol. The first kappa shape index (κ1) is 19.8. The lowest BCUT2D eigenvalue weighted by Gasteiger charge is -2.38. The van der Waals surface area contributed by atoms with E-state index in [9.17, 15) is 14.4 Å². The van der Waals surface area contributed by atoms with Gasteiger partial charge < -0.3 is 15.0 Å². The van der Waals surface area contributed by atoms with Crippen molar-refractivity contribution in [3.8, 4) is 0 Å². The first-order valence-corrected chi connectivity index (χ1v) is 10.6. The van der Waals surface area contributed by atoms with Crippen LogP contribution in [0.4, 0.5) is 11.5 Å². The number of nitrogens with zero attached hydrogens (tertiary/aromatic N) is 1. The van der Waals surface area contributed by atoms with Crippen LogP contribution >= 0.6 is 0 Å². The van der Waals surface area contributed by atoms with Crippen LogP contribution in [0.25, 0.3) is 0 Å². The van der Waals surface area contributed by atoms with Crippen molar-refractivity contribution in [1.82, 2.24) is 9.97 Å². The third kappa shape index (κ3) is 3.50. The standard InChI is InChI=1S/C23H26N4O4/c1-23(2)11-15-18(16(28)12-23)17(19-20(24-15)25-22(30)26-21(19)29)13-3-5-14(6-4-13)27-7-9-31-10-8-27/h3-6,17H,7-12H2,1-2H3,(H3,24,25,26,29,30). The number of carbonyl (C=O) groups excluding carboxylic acids is 1. The van der Waals surface area contributed by atoms with Gasteiger partial charge in [-0.3, -0.25) is 19.6 Å². The molecular formula is C23H26N4O4. The van der Waals surface area contributed by atoms with Crippen LogP contribution in [0, 0.1) is 5.41 Å². The second kappa shape index (κ2) is 7.23. The normalized spacial score (nSPS) is 22.6. The molecule has 3 aliphatic rings. The number of H-pyrrole nitrogens is 2. The molecule has 5 rings (SSSR count). The van der Waals surface area contributed by atoms with Crippen LogP contribution < -0.4 is 21.5 Å². The molecule has 3 heterocycles. The molecule has 0 radical (unpaired) electrons. The van der Waals surface area contributed by atoms with Gasteiger partial charge in [-0.05, 0) is 29.5 Å². The Morgan fingerprint density at radius 3 is 2.42 bits per heavy atom. The molecule has 1 aliphatic carbocycles. The Morgan fingerprint density at radius 2 is 1.71 bits per heavy atom. The number of aromatic amines is 2. The number of nitrogens with one attached hydrogen (secondary N) is 3.